The third-order valence-electron chi connectivity index (χ3n) is 2.60. The third-order valence-corrected chi connectivity index (χ3v) is 2.60. The van der Waals surface area contributed by atoms with Gasteiger partial charge in [-0.3, -0.25) is 4.79 Å². The van der Waals surface area contributed by atoms with Gasteiger partial charge >= 0.3 is 0 Å². The molecule has 0 radical (unpaired) electrons. The average molecular weight is 190 g/mol. The summed E-state index contributed by atoms with van der Waals surface area (Å²) in [5.41, 5.74) is 0.996. The number of benzene rings is 1. The van der Waals surface area contributed by atoms with Crippen molar-refractivity contribution >= 4 is 11.6 Å². The fourth-order valence-corrected chi connectivity index (χ4v) is 1.76. The Morgan fingerprint density at radius 2 is 2.07 bits per heavy atom. The van der Waals surface area contributed by atoms with E-state index >= 15 is 0 Å². The van der Waals surface area contributed by atoms with Crippen LogP contribution in [0.15, 0.2) is 30.3 Å². The molecule has 0 spiro atoms. The zero-order valence-electron chi connectivity index (χ0n) is 8.23. The molecule has 1 aliphatic heterocycles. The molecule has 1 aromatic rings. The largest absolute Gasteiger partial charge is 0.315 e. The van der Waals surface area contributed by atoms with Crippen molar-refractivity contribution in [3.8, 4) is 0 Å². The molecule has 74 valence electrons. The predicted octanol–water partition coefficient (Wildman–Crippen LogP) is 1.01. The summed E-state index contributed by atoms with van der Waals surface area (Å²) in [6, 6.07) is 10.1. The Morgan fingerprint density at radius 3 is 2.64 bits per heavy atom. The van der Waals surface area contributed by atoms with Gasteiger partial charge < -0.3 is 10.2 Å². The smallest absolute Gasteiger partial charge is 0.228 e. The lowest BCUT2D eigenvalue weighted by Gasteiger charge is -2.16. The number of carbonyl (C=O) groups is 1. The molecular formula is C11H14N2O. The first-order valence-electron chi connectivity index (χ1n) is 4.84. The maximum Gasteiger partial charge on any atom is 0.228 e. The molecule has 1 saturated heterocycles. The van der Waals surface area contributed by atoms with E-state index in [1.54, 1.807) is 0 Å². The highest BCUT2D eigenvalue weighted by Crippen LogP contribution is 2.20. The number of carbonyl (C=O) groups excluding carboxylic acids is 1. The monoisotopic (exact) mass is 190 g/mol. The van der Waals surface area contributed by atoms with Crippen LogP contribution < -0.4 is 10.2 Å². The summed E-state index contributed by atoms with van der Waals surface area (Å²) in [6.07, 6.45) is 0.603. The number of rotatable bonds is 2. The molecule has 2 rings (SSSR count). The van der Waals surface area contributed by atoms with Crippen molar-refractivity contribution in [3.63, 3.8) is 0 Å². The van der Waals surface area contributed by atoms with E-state index in [-0.39, 0.29) is 5.91 Å². The first-order valence-corrected chi connectivity index (χ1v) is 4.84. The number of nitrogens with one attached hydrogen (secondary N) is 1. The Bertz CT molecular complexity index is 323. The molecule has 14 heavy (non-hydrogen) atoms. The van der Waals surface area contributed by atoms with Gasteiger partial charge in [0.1, 0.15) is 0 Å². The summed E-state index contributed by atoms with van der Waals surface area (Å²) in [6.45, 7) is 0.777. The van der Waals surface area contributed by atoms with Gasteiger partial charge in [-0.2, -0.15) is 0 Å². The lowest BCUT2D eigenvalue weighted by Crippen LogP contribution is -2.30. The summed E-state index contributed by atoms with van der Waals surface area (Å²) in [5.74, 6) is 0.204. The van der Waals surface area contributed by atoms with Gasteiger partial charge in [0.25, 0.3) is 0 Å². The topological polar surface area (TPSA) is 32.3 Å². The van der Waals surface area contributed by atoms with Crippen molar-refractivity contribution in [2.75, 3.05) is 18.5 Å². The summed E-state index contributed by atoms with van der Waals surface area (Å²) >= 11 is 0. The third kappa shape index (κ3) is 1.63. The zero-order valence-corrected chi connectivity index (χ0v) is 8.23. The van der Waals surface area contributed by atoms with Crippen LogP contribution >= 0.6 is 0 Å². The van der Waals surface area contributed by atoms with Gasteiger partial charge in [-0.15, -0.1) is 0 Å². The summed E-state index contributed by atoms with van der Waals surface area (Å²) < 4.78 is 0. The van der Waals surface area contributed by atoms with Crippen molar-refractivity contribution in [2.24, 2.45) is 0 Å². The molecule has 3 heteroatoms. The van der Waals surface area contributed by atoms with Crippen molar-refractivity contribution in [2.45, 2.75) is 12.5 Å². The Morgan fingerprint density at radius 1 is 1.36 bits per heavy atom. The molecule has 1 fully saturated rings. The van der Waals surface area contributed by atoms with Crippen LogP contribution in [0.3, 0.4) is 0 Å². The second kappa shape index (κ2) is 3.80. The SMILES string of the molecule is CNC1CC(=O)N(c2ccccc2)C1. The van der Waals surface area contributed by atoms with Crippen molar-refractivity contribution in [1.29, 1.82) is 0 Å². The number of hydrogen-bond donors (Lipinski definition) is 1. The molecule has 0 bridgehead atoms. The quantitative estimate of drug-likeness (QED) is 0.755. The van der Waals surface area contributed by atoms with Crippen LogP contribution in [-0.4, -0.2) is 25.5 Å². The van der Waals surface area contributed by atoms with E-state index in [0.717, 1.165) is 12.2 Å². The van der Waals surface area contributed by atoms with Gasteiger partial charge in [0.2, 0.25) is 5.91 Å². The number of hydrogen-bond acceptors (Lipinski definition) is 2. The molecule has 1 aliphatic rings. The van der Waals surface area contributed by atoms with Gasteiger partial charge in [0.15, 0.2) is 0 Å². The highest BCUT2D eigenvalue weighted by molar-refractivity contribution is 5.96. The highest BCUT2D eigenvalue weighted by atomic mass is 16.2. The molecule has 0 aliphatic carbocycles. The standard InChI is InChI=1S/C11H14N2O/c1-12-9-7-11(14)13(8-9)10-5-3-2-4-6-10/h2-6,9,12H,7-8H2,1H3. The van der Waals surface area contributed by atoms with Crippen LogP contribution in [-0.2, 0) is 4.79 Å². The van der Waals surface area contributed by atoms with E-state index in [1.165, 1.54) is 0 Å². The zero-order chi connectivity index (χ0) is 9.97. The van der Waals surface area contributed by atoms with Gasteiger partial charge in [0.05, 0.1) is 0 Å². The number of amides is 1. The minimum Gasteiger partial charge on any atom is -0.315 e. The van der Waals surface area contributed by atoms with Crippen LogP contribution in [0, 0.1) is 0 Å². The molecular weight excluding hydrogens is 176 g/mol. The lowest BCUT2D eigenvalue weighted by atomic mass is 10.3. The van der Waals surface area contributed by atoms with Gasteiger partial charge in [-0.05, 0) is 19.2 Å². The molecule has 0 aromatic heterocycles. The molecule has 1 N–H and O–H groups in total. The molecule has 3 nitrogen and oxygen atoms in total. The van der Waals surface area contributed by atoms with Crippen LogP contribution in [0.5, 0.6) is 0 Å². The Kier molecular flexibility index (Phi) is 2.50. The first kappa shape index (κ1) is 9.21. The number of likely N-dealkylation sites (N-methyl/N-ethyl adjacent to an activating group) is 1. The van der Waals surface area contributed by atoms with Gasteiger partial charge in [-0.1, -0.05) is 18.2 Å². The Hall–Kier alpha value is -1.35. The molecule has 1 unspecified atom stereocenters. The molecule has 0 saturated carbocycles. The average Bonchev–Trinajstić information content (AvgIpc) is 2.61. The van der Waals surface area contributed by atoms with Gasteiger partial charge in [0, 0.05) is 24.7 Å². The highest BCUT2D eigenvalue weighted by Gasteiger charge is 2.28. The fraction of sp³-hybridized carbons (Fsp3) is 0.364. The summed E-state index contributed by atoms with van der Waals surface area (Å²) in [5, 5.41) is 3.13. The van der Waals surface area contributed by atoms with Crippen molar-refractivity contribution in [1.82, 2.24) is 5.32 Å². The predicted molar refractivity (Wildman–Crippen MR) is 56.3 cm³/mol. The Balaban J connectivity index is 2.17. The first-order chi connectivity index (χ1) is 6.81. The summed E-state index contributed by atoms with van der Waals surface area (Å²) in [4.78, 5) is 13.5. The molecule has 1 amide bonds. The maximum atomic E-state index is 11.6. The number of anilines is 1. The van der Waals surface area contributed by atoms with E-state index in [9.17, 15) is 4.79 Å². The van der Waals surface area contributed by atoms with Crippen molar-refractivity contribution in [3.05, 3.63) is 30.3 Å². The number of para-hydroxylation sites is 1. The van der Waals surface area contributed by atoms with Crippen LogP contribution in [0.1, 0.15) is 6.42 Å². The summed E-state index contributed by atoms with van der Waals surface area (Å²) in [7, 11) is 1.90. The van der Waals surface area contributed by atoms with E-state index in [0.29, 0.717) is 12.5 Å². The second-order valence-electron chi connectivity index (χ2n) is 3.53. The minimum absolute atomic E-state index is 0.204. The van der Waals surface area contributed by atoms with E-state index < -0.39 is 0 Å². The minimum atomic E-state index is 0.204. The van der Waals surface area contributed by atoms with E-state index in [4.69, 9.17) is 0 Å². The Labute approximate surface area is 83.7 Å². The lowest BCUT2D eigenvalue weighted by molar-refractivity contribution is -0.117. The van der Waals surface area contributed by atoms with Crippen LogP contribution in [0.2, 0.25) is 0 Å². The molecule has 1 aromatic carbocycles. The number of nitrogens with zero attached hydrogens (tertiary/aromatic N) is 1. The normalized spacial score (nSPS) is 21.6. The maximum absolute atomic E-state index is 11.6. The van der Waals surface area contributed by atoms with Crippen LogP contribution in [0.4, 0.5) is 5.69 Å². The molecule has 1 heterocycles. The fourth-order valence-electron chi connectivity index (χ4n) is 1.76. The van der Waals surface area contributed by atoms with Crippen molar-refractivity contribution < 1.29 is 4.79 Å². The van der Waals surface area contributed by atoms with Crippen LogP contribution in [0.25, 0.3) is 0 Å². The molecule has 1 atom stereocenters. The van der Waals surface area contributed by atoms with E-state index in [1.807, 2.05) is 42.3 Å². The van der Waals surface area contributed by atoms with E-state index in [2.05, 4.69) is 5.32 Å². The second-order valence-corrected chi connectivity index (χ2v) is 3.53. The van der Waals surface area contributed by atoms with Gasteiger partial charge in [-0.25, -0.2) is 0 Å².